The second-order valence-electron chi connectivity index (χ2n) is 3.94. The molecule has 0 spiro atoms. The number of aromatic nitrogens is 2. The van der Waals surface area contributed by atoms with Crippen molar-refractivity contribution in [2.24, 2.45) is 0 Å². The van der Waals surface area contributed by atoms with Gasteiger partial charge in [-0.1, -0.05) is 11.8 Å². The van der Waals surface area contributed by atoms with E-state index < -0.39 is 0 Å². The molecule has 0 N–H and O–H groups in total. The SMILES string of the molecule is CSc1nccc(N2CCc3sccc3C2)n1. The third-order valence-electron chi connectivity index (χ3n) is 2.93. The Bertz CT molecular complexity index is 524. The van der Waals surface area contributed by atoms with Crippen LogP contribution in [0.3, 0.4) is 0 Å². The van der Waals surface area contributed by atoms with Gasteiger partial charge < -0.3 is 4.90 Å². The molecule has 5 heteroatoms. The minimum Gasteiger partial charge on any atom is -0.352 e. The third-order valence-corrected chi connectivity index (χ3v) is 4.52. The van der Waals surface area contributed by atoms with E-state index >= 15 is 0 Å². The van der Waals surface area contributed by atoms with Crippen LogP contribution in [0.25, 0.3) is 0 Å². The Kier molecular flexibility index (Phi) is 3.03. The van der Waals surface area contributed by atoms with Crippen LogP contribution in [0.5, 0.6) is 0 Å². The summed E-state index contributed by atoms with van der Waals surface area (Å²) in [6.45, 7) is 2.03. The maximum Gasteiger partial charge on any atom is 0.189 e. The first-order chi connectivity index (χ1) is 8.36. The number of nitrogens with zero attached hydrogens (tertiary/aromatic N) is 3. The molecular weight excluding hydrogens is 250 g/mol. The minimum absolute atomic E-state index is 0.846. The summed E-state index contributed by atoms with van der Waals surface area (Å²) >= 11 is 3.45. The summed E-state index contributed by atoms with van der Waals surface area (Å²) in [5.41, 5.74) is 1.45. The lowest BCUT2D eigenvalue weighted by Crippen LogP contribution is -2.30. The molecule has 3 nitrogen and oxygen atoms in total. The van der Waals surface area contributed by atoms with Crippen molar-refractivity contribution in [3.05, 3.63) is 34.2 Å². The van der Waals surface area contributed by atoms with Crippen molar-refractivity contribution in [1.29, 1.82) is 0 Å². The highest BCUT2D eigenvalue weighted by Crippen LogP contribution is 2.27. The summed E-state index contributed by atoms with van der Waals surface area (Å²) in [5, 5.41) is 3.03. The Morgan fingerprint density at radius 2 is 2.35 bits per heavy atom. The summed E-state index contributed by atoms with van der Waals surface area (Å²) in [5.74, 6) is 1.04. The third kappa shape index (κ3) is 2.17. The van der Waals surface area contributed by atoms with Gasteiger partial charge in [-0.3, -0.25) is 0 Å². The molecule has 0 fully saturated rings. The predicted octanol–water partition coefficient (Wildman–Crippen LogP) is 2.82. The average molecular weight is 263 g/mol. The number of thioether (sulfide) groups is 1. The van der Waals surface area contributed by atoms with Crippen LogP contribution in [0.2, 0.25) is 0 Å². The molecule has 0 amide bonds. The van der Waals surface area contributed by atoms with Crippen molar-refractivity contribution in [3.8, 4) is 0 Å². The van der Waals surface area contributed by atoms with Crippen molar-refractivity contribution in [3.63, 3.8) is 0 Å². The van der Waals surface area contributed by atoms with Crippen molar-refractivity contribution >= 4 is 28.9 Å². The van der Waals surface area contributed by atoms with Crippen molar-refractivity contribution in [1.82, 2.24) is 9.97 Å². The lowest BCUT2D eigenvalue weighted by Gasteiger charge is -2.27. The zero-order valence-electron chi connectivity index (χ0n) is 9.59. The number of hydrogen-bond acceptors (Lipinski definition) is 5. The zero-order chi connectivity index (χ0) is 11.7. The van der Waals surface area contributed by atoms with Gasteiger partial charge in [0.2, 0.25) is 0 Å². The fourth-order valence-electron chi connectivity index (χ4n) is 2.05. The molecule has 0 bridgehead atoms. The van der Waals surface area contributed by atoms with Gasteiger partial charge in [-0.05, 0) is 35.8 Å². The Hall–Kier alpha value is -1.07. The van der Waals surface area contributed by atoms with E-state index in [2.05, 4.69) is 26.3 Å². The molecule has 0 atom stereocenters. The van der Waals surface area contributed by atoms with E-state index in [4.69, 9.17) is 0 Å². The van der Waals surface area contributed by atoms with Gasteiger partial charge in [0.1, 0.15) is 5.82 Å². The minimum atomic E-state index is 0.846. The smallest absolute Gasteiger partial charge is 0.189 e. The Labute approximate surface area is 109 Å². The molecule has 17 heavy (non-hydrogen) atoms. The van der Waals surface area contributed by atoms with Gasteiger partial charge in [-0.2, -0.15) is 0 Å². The quantitative estimate of drug-likeness (QED) is 0.615. The van der Waals surface area contributed by atoms with E-state index in [1.165, 1.54) is 10.4 Å². The van der Waals surface area contributed by atoms with Crippen LogP contribution in [0.15, 0.2) is 28.9 Å². The van der Waals surface area contributed by atoms with Gasteiger partial charge in [0, 0.05) is 24.2 Å². The first-order valence-corrected chi connectivity index (χ1v) is 7.64. The second kappa shape index (κ2) is 4.66. The molecule has 3 heterocycles. The predicted molar refractivity (Wildman–Crippen MR) is 72.9 cm³/mol. The zero-order valence-corrected chi connectivity index (χ0v) is 11.2. The van der Waals surface area contributed by atoms with Gasteiger partial charge in [0.25, 0.3) is 0 Å². The van der Waals surface area contributed by atoms with Crippen LogP contribution in [0.4, 0.5) is 5.82 Å². The summed E-state index contributed by atoms with van der Waals surface area (Å²) in [6, 6.07) is 4.22. The molecule has 0 unspecified atom stereocenters. The number of thiophene rings is 1. The molecule has 1 aliphatic heterocycles. The summed E-state index contributed by atoms with van der Waals surface area (Å²) in [4.78, 5) is 12.6. The normalized spacial score (nSPS) is 14.8. The van der Waals surface area contributed by atoms with Crippen LogP contribution >= 0.6 is 23.1 Å². The van der Waals surface area contributed by atoms with Gasteiger partial charge in [0.05, 0.1) is 0 Å². The van der Waals surface area contributed by atoms with E-state index in [0.29, 0.717) is 0 Å². The molecule has 0 saturated heterocycles. The monoisotopic (exact) mass is 263 g/mol. The highest BCUT2D eigenvalue weighted by Gasteiger charge is 2.18. The largest absolute Gasteiger partial charge is 0.352 e. The first-order valence-electron chi connectivity index (χ1n) is 5.54. The van der Waals surface area contributed by atoms with E-state index in [-0.39, 0.29) is 0 Å². The summed E-state index contributed by atoms with van der Waals surface area (Å²) in [7, 11) is 0. The first kappa shape index (κ1) is 11.0. The number of hydrogen-bond donors (Lipinski definition) is 0. The molecule has 0 radical (unpaired) electrons. The summed E-state index contributed by atoms with van der Waals surface area (Å²) < 4.78 is 0. The molecular formula is C12H13N3S2. The highest BCUT2D eigenvalue weighted by molar-refractivity contribution is 7.98. The molecule has 88 valence electrons. The van der Waals surface area contributed by atoms with Crippen molar-refractivity contribution < 1.29 is 0 Å². The lowest BCUT2D eigenvalue weighted by atomic mass is 10.1. The molecule has 0 aliphatic carbocycles. The standard InChI is InChI=1S/C12H13N3S2/c1-16-12-13-5-2-11(14-12)15-6-3-10-9(8-15)4-7-17-10/h2,4-5,7H,3,6,8H2,1H3. The van der Waals surface area contributed by atoms with Gasteiger partial charge in [0.15, 0.2) is 5.16 Å². The van der Waals surface area contributed by atoms with Crippen LogP contribution in [-0.2, 0) is 13.0 Å². The molecule has 2 aromatic heterocycles. The maximum absolute atomic E-state index is 4.55. The fourth-order valence-corrected chi connectivity index (χ4v) is 3.29. The summed E-state index contributed by atoms with van der Waals surface area (Å²) in [6.07, 6.45) is 4.98. The number of anilines is 1. The fraction of sp³-hybridized carbons (Fsp3) is 0.333. The van der Waals surface area contributed by atoms with Gasteiger partial charge >= 0.3 is 0 Å². The Morgan fingerprint density at radius 3 is 3.24 bits per heavy atom. The lowest BCUT2D eigenvalue weighted by molar-refractivity contribution is 0.722. The van der Waals surface area contributed by atoms with Crippen molar-refractivity contribution in [2.45, 2.75) is 18.1 Å². The van der Waals surface area contributed by atoms with E-state index in [9.17, 15) is 0 Å². The van der Waals surface area contributed by atoms with Crippen molar-refractivity contribution in [2.75, 3.05) is 17.7 Å². The number of rotatable bonds is 2. The van der Waals surface area contributed by atoms with Gasteiger partial charge in [-0.15, -0.1) is 11.3 Å². The van der Waals surface area contributed by atoms with Crippen LogP contribution in [0, 0.1) is 0 Å². The maximum atomic E-state index is 4.55. The van der Waals surface area contributed by atoms with Crippen LogP contribution in [0.1, 0.15) is 10.4 Å². The van der Waals surface area contributed by atoms with E-state index in [1.807, 2.05) is 29.9 Å². The average Bonchev–Trinajstić information content (AvgIpc) is 2.86. The topological polar surface area (TPSA) is 29.0 Å². The van der Waals surface area contributed by atoms with Crippen LogP contribution < -0.4 is 4.90 Å². The van der Waals surface area contributed by atoms with E-state index in [1.54, 1.807) is 11.8 Å². The molecule has 3 rings (SSSR count). The highest BCUT2D eigenvalue weighted by atomic mass is 32.2. The second-order valence-corrected chi connectivity index (χ2v) is 5.72. The number of fused-ring (bicyclic) bond motifs is 1. The Balaban J connectivity index is 1.86. The molecule has 0 saturated carbocycles. The Morgan fingerprint density at radius 1 is 1.41 bits per heavy atom. The van der Waals surface area contributed by atoms with E-state index in [0.717, 1.165) is 30.5 Å². The molecule has 2 aromatic rings. The van der Waals surface area contributed by atoms with Gasteiger partial charge in [-0.25, -0.2) is 9.97 Å². The molecule has 1 aliphatic rings. The molecule has 0 aromatic carbocycles. The van der Waals surface area contributed by atoms with Crippen LogP contribution in [-0.4, -0.2) is 22.8 Å².